The molecule has 1 aromatic carbocycles. The average molecular weight is 203 g/mol. The zero-order valence-electron chi connectivity index (χ0n) is 8.35. The predicted octanol–water partition coefficient (Wildman–Crippen LogP) is 0.711. The maximum atomic E-state index is 9.43. The van der Waals surface area contributed by atoms with Crippen LogP contribution in [0.1, 0.15) is 12.0 Å². The number of rotatable bonds is 1. The molecule has 1 unspecified atom stereocenters. The van der Waals surface area contributed by atoms with Crippen molar-refractivity contribution in [2.24, 2.45) is 0 Å². The van der Waals surface area contributed by atoms with Crippen molar-refractivity contribution >= 4 is 11.4 Å². The number of benzene rings is 1. The molecule has 0 aliphatic carbocycles. The second kappa shape index (κ2) is 3.79. The Labute approximate surface area is 88.5 Å². The minimum absolute atomic E-state index is 0.282. The Morgan fingerprint density at radius 1 is 1.53 bits per heavy atom. The van der Waals surface area contributed by atoms with E-state index in [2.05, 4.69) is 6.07 Å². The maximum absolute atomic E-state index is 9.43. The van der Waals surface area contributed by atoms with E-state index in [-0.39, 0.29) is 6.10 Å². The normalized spacial score (nSPS) is 20.3. The molecule has 0 bridgehead atoms. The molecule has 1 saturated heterocycles. The number of aliphatic hydroxyl groups is 1. The van der Waals surface area contributed by atoms with Crippen LogP contribution in [0.2, 0.25) is 0 Å². The quantitative estimate of drug-likeness (QED) is 0.659. The molecule has 2 rings (SSSR count). The van der Waals surface area contributed by atoms with Crippen LogP contribution in [0.15, 0.2) is 18.2 Å². The van der Waals surface area contributed by atoms with Gasteiger partial charge < -0.3 is 15.7 Å². The van der Waals surface area contributed by atoms with Crippen LogP contribution in [0.25, 0.3) is 0 Å². The third-order valence-corrected chi connectivity index (χ3v) is 2.71. The Morgan fingerprint density at radius 3 is 2.93 bits per heavy atom. The van der Waals surface area contributed by atoms with Crippen LogP contribution in [0.3, 0.4) is 0 Å². The van der Waals surface area contributed by atoms with E-state index in [0.717, 1.165) is 18.7 Å². The molecule has 1 aliphatic heterocycles. The number of nitriles is 1. The van der Waals surface area contributed by atoms with Crippen LogP contribution in [0, 0.1) is 11.3 Å². The fraction of sp³-hybridized carbons (Fsp3) is 0.364. The fourth-order valence-electron chi connectivity index (χ4n) is 1.89. The van der Waals surface area contributed by atoms with Crippen molar-refractivity contribution in [3.05, 3.63) is 23.8 Å². The van der Waals surface area contributed by atoms with Crippen molar-refractivity contribution in [2.45, 2.75) is 12.5 Å². The number of β-amino-alcohol motifs (C(OH)–C–C–N with tert-alkyl or cyclic N) is 1. The first-order valence-electron chi connectivity index (χ1n) is 4.94. The van der Waals surface area contributed by atoms with Gasteiger partial charge in [-0.25, -0.2) is 0 Å². The second-order valence-corrected chi connectivity index (χ2v) is 3.74. The molecule has 15 heavy (non-hydrogen) atoms. The summed E-state index contributed by atoms with van der Waals surface area (Å²) in [7, 11) is 0. The Kier molecular flexibility index (Phi) is 2.48. The first kappa shape index (κ1) is 9.81. The highest BCUT2D eigenvalue weighted by Crippen LogP contribution is 2.28. The summed E-state index contributed by atoms with van der Waals surface area (Å²) in [5.41, 5.74) is 7.73. The van der Waals surface area contributed by atoms with E-state index in [1.54, 1.807) is 6.07 Å². The first-order valence-corrected chi connectivity index (χ1v) is 4.94. The summed E-state index contributed by atoms with van der Waals surface area (Å²) >= 11 is 0. The van der Waals surface area contributed by atoms with Crippen molar-refractivity contribution in [1.29, 1.82) is 5.26 Å². The lowest BCUT2D eigenvalue weighted by Gasteiger charge is -2.20. The Hall–Kier alpha value is -1.73. The van der Waals surface area contributed by atoms with Gasteiger partial charge in [-0.15, -0.1) is 0 Å². The molecule has 1 fully saturated rings. The molecule has 1 aromatic rings. The van der Waals surface area contributed by atoms with Gasteiger partial charge in [0, 0.05) is 13.1 Å². The summed E-state index contributed by atoms with van der Waals surface area (Å²) in [4.78, 5) is 2.01. The Bertz CT molecular complexity index is 411. The SMILES string of the molecule is N#Cc1cccc(N2CCC(O)C2)c1N. The Morgan fingerprint density at radius 2 is 2.33 bits per heavy atom. The highest BCUT2D eigenvalue weighted by molar-refractivity contribution is 5.74. The summed E-state index contributed by atoms with van der Waals surface area (Å²) in [5, 5.41) is 18.3. The van der Waals surface area contributed by atoms with E-state index < -0.39 is 0 Å². The number of hydrogen-bond acceptors (Lipinski definition) is 4. The van der Waals surface area contributed by atoms with Crippen molar-refractivity contribution in [1.82, 2.24) is 0 Å². The number of para-hydroxylation sites is 1. The van der Waals surface area contributed by atoms with E-state index >= 15 is 0 Å². The molecular weight excluding hydrogens is 190 g/mol. The molecule has 1 atom stereocenters. The zero-order valence-corrected chi connectivity index (χ0v) is 8.35. The van der Waals surface area contributed by atoms with E-state index in [9.17, 15) is 5.11 Å². The van der Waals surface area contributed by atoms with E-state index in [1.165, 1.54) is 0 Å². The number of nitrogen functional groups attached to an aromatic ring is 1. The van der Waals surface area contributed by atoms with Crippen molar-refractivity contribution in [3.8, 4) is 6.07 Å². The molecule has 3 N–H and O–H groups in total. The molecule has 4 heteroatoms. The number of nitrogens with zero attached hydrogens (tertiary/aromatic N) is 2. The minimum Gasteiger partial charge on any atom is -0.396 e. The second-order valence-electron chi connectivity index (χ2n) is 3.74. The van der Waals surface area contributed by atoms with Gasteiger partial charge in [0.05, 0.1) is 23.0 Å². The first-order chi connectivity index (χ1) is 7.22. The maximum Gasteiger partial charge on any atom is 0.101 e. The number of nitrogens with two attached hydrogens (primary N) is 1. The van der Waals surface area contributed by atoms with Crippen LogP contribution < -0.4 is 10.6 Å². The summed E-state index contributed by atoms with van der Waals surface area (Å²) in [6.07, 6.45) is 0.478. The molecule has 0 radical (unpaired) electrons. The fourth-order valence-corrected chi connectivity index (χ4v) is 1.89. The lowest BCUT2D eigenvalue weighted by Crippen LogP contribution is -2.22. The van der Waals surface area contributed by atoms with Crippen molar-refractivity contribution in [2.75, 3.05) is 23.7 Å². The smallest absolute Gasteiger partial charge is 0.101 e. The highest BCUT2D eigenvalue weighted by atomic mass is 16.3. The molecule has 78 valence electrons. The van der Waals surface area contributed by atoms with Gasteiger partial charge in [-0.3, -0.25) is 0 Å². The van der Waals surface area contributed by atoms with Crippen LogP contribution >= 0.6 is 0 Å². The van der Waals surface area contributed by atoms with Gasteiger partial charge in [0.25, 0.3) is 0 Å². The van der Waals surface area contributed by atoms with Crippen molar-refractivity contribution in [3.63, 3.8) is 0 Å². The lowest BCUT2D eigenvalue weighted by atomic mass is 10.1. The zero-order chi connectivity index (χ0) is 10.8. The van der Waals surface area contributed by atoms with E-state index in [4.69, 9.17) is 11.0 Å². The van der Waals surface area contributed by atoms with Gasteiger partial charge in [-0.1, -0.05) is 6.07 Å². The van der Waals surface area contributed by atoms with Crippen LogP contribution in [0.5, 0.6) is 0 Å². The van der Waals surface area contributed by atoms with Crippen LogP contribution in [-0.2, 0) is 0 Å². The lowest BCUT2D eigenvalue weighted by molar-refractivity contribution is 0.198. The number of aliphatic hydroxyl groups excluding tert-OH is 1. The van der Waals surface area contributed by atoms with Gasteiger partial charge in [0.15, 0.2) is 0 Å². The standard InChI is InChI=1S/C11H13N3O/c12-6-8-2-1-3-10(11(8)13)14-5-4-9(15)7-14/h1-3,9,15H,4-5,7,13H2. The van der Waals surface area contributed by atoms with Gasteiger partial charge >= 0.3 is 0 Å². The summed E-state index contributed by atoms with van der Waals surface area (Å²) in [6.45, 7) is 1.39. The minimum atomic E-state index is -0.282. The summed E-state index contributed by atoms with van der Waals surface area (Å²) < 4.78 is 0. The molecule has 1 heterocycles. The van der Waals surface area contributed by atoms with Crippen LogP contribution in [-0.4, -0.2) is 24.3 Å². The topological polar surface area (TPSA) is 73.3 Å². The van der Waals surface area contributed by atoms with Gasteiger partial charge in [0.1, 0.15) is 6.07 Å². The third-order valence-electron chi connectivity index (χ3n) is 2.71. The van der Waals surface area contributed by atoms with E-state index in [1.807, 2.05) is 17.0 Å². The average Bonchev–Trinajstić information content (AvgIpc) is 2.65. The summed E-state index contributed by atoms with van der Waals surface area (Å²) in [5.74, 6) is 0. The molecule has 4 nitrogen and oxygen atoms in total. The predicted molar refractivity (Wildman–Crippen MR) is 58.4 cm³/mol. The van der Waals surface area contributed by atoms with E-state index in [0.29, 0.717) is 17.8 Å². The molecule has 0 saturated carbocycles. The highest BCUT2D eigenvalue weighted by Gasteiger charge is 2.22. The van der Waals surface area contributed by atoms with Gasteiger partial charge in [-0.05, 0) is 18.6 Å². The number of anilines is 2. The van der Waals surface area contributed by atoms with Crippen LogP contribution in [0.4, 0.5) is 11.4 Å². The van der Waals surface area contributed by atoms with Crippen molar-refractivity contribution < 1.29 is 5.11 Å². The molecule has 0 amide bonds. The largest absolute Gasteiger partial charge is 0.396 e. The molecule has 0 spiro atoms. The number of hydrogen-bond donors (Lipinski definition) is 2. The molecule has 1 aliphatic rings. The molecular formula is C11H13N3O. The van der Waals surface area contributed by atoms with Gasteiger partial charge in [0.2, 0.25) is 0 Å². The summed E-state index contributed by atoms with van der Waals surface area (Å²) in [6, 6.07) is 7.45. The molecule has 0 aromatic heterocycles. The van der Waals surface area contributed by atoms with Gasteiger partial charge in [-0.2, -0.15) is 5.26 Å². The third kappa shape index (κ3) is 1.74. The Balaban J connectivity index is 2.33. The monoisotopic (exact) mass is 203 g/mol.